The van der Waals surface area contributed by atoms with Gasteiger partial charge in [-0.3, -0.25) is 4.79 Å². The third kappa shape index (κ3) is 5.77. The van der Waals surface area contributed by atoms with Crippen LogP contribution in [0, 0.1) is 0 Å². The number of hydrogen-bond donors (Lipinski definition) is 1. The fourth-order valence-electron chi connectivity index (χ4n) is 2.63. The molecule has 0 atom stereocenters. The van der Waals surface area contributed by atoms with Crippen molar-refractivity contribution in [2.75, 3.05) is 12.4 Å². The number of methoxy groups -OCH3 is 1. The van der Waals surface area contributed by atoms with Crippen LogP contribution in [0.25, 0.3) is 11.3 Å². The Bertz CT molecular complexity index is 979. The third-order valence-electron chi connectivity index (χ3n) is 3.95. The molecule has 9 heteroatoms. The molecule has 3 rings (SSSR count). The smallest absolute Gasteiger partial charge is 0.416 e. The molecule has 3 aromatic rings. The Balaban J connectivity index is 0.00000300. The number of carbonyl (C=O) groups excluding carboxylic acids is 1. The highest BCUT2D eigenvalue weighted by Crippen LogP contribution is 2.30. The average Bonchev–Trinajstić information content (AvgIpc) is 2.68. The lowest BCUT2D eigenvalue weighted by atomic mass is 10.1. The van der Waals surface area contributed by atoms with Gasteiger partial charge in [-0.15, -0.1) is 17.0 Å². The molecule has 0 fully saturated rings. The van der Waals surface area contributed by atoms with E-state index in [1.165, 1.54) is 23.0 Å². The van der Waals surface area contributed by atoms with Crippen molar-refractivity contribution in [2.24, 2.45) is 0 Å². The molecule has 0 saturated carbocycles. The van der Waals surface area contributed by atoms with Crippen molar-refractivity contribution in [3.05, 3.63) is 72.7 Å². The Labute approximate surface area is 175 Å². The van der Waals surface area contributed by atoms with Gasteiger partial charge in [0.15, 0.2) is 12.2 Å². The van der Waals surface area contributed by atoms with Gasteiger partial charge in [-0.2, -0.15) is 13.2 Å². The van der Waals surface area contributed by atoms with Gasteiger partial charge >= 0.3 is 6.18 Å². The van der Waals surface area contributed by atoms with Gasteiger partial charge < -0.3 is 10.1 Å². The van der Waals surface area contributed by atoms with Gasteiger partial charge in [-0.05, 0) is 35.3 Å². The maximum atomic E-state index is 12.7. The van der Waals surface area contributed by atoms with E-state index in [1.54, 1.807) is 19.4 Å². The standard InChI is InChI=1S/C20H16F3N3O2.BrH/c1-28-18-8-3-2-7-16(18)17-9-10-26(13-24-17)12-19(27)25-15-6-4-5-14(11-15)20(21,22)23;/h2-11,13H,12H2,1H3;1H/p+1. The number of ether oxygens (including phenoxy) is 1. The normalized spacial score (nSPS) is 10.8. The first-order chi connectivity index (χ1) is 13.4. The Morgan fingerprint density at radius 3 is 2.55 bits per heavy atom. The average molecular weight is 469 g/mol. The minimum absolute atomic E-state index is 0. The lowest BCUT2D eigenvalue weighted by Crippen LogP contribution is -2.40. The second-order valence-corrected chi connectivity index (χ2v) is 5.94. The van der Waals surface area contributed by atoms with Crippen molar-refractivity contribution in [1.29, 1.82) is 0 Å². The Hall–Kier alpha value is -2.94. The molecular weight excluding hydrogens is 451 g/mol. The van der Waals surface area contributed by atoms with Crippen LogP contribution in [0.5, 0.6) is 5.75 Å². The van der Waals surface area contributed by atoms with Crippen LogP contribution in [0.15, 0.2) is 67.1 Å². The Morgan fingerprint density at radius 2 is 1.90 bits per heavy atom. The summed E-state index contributed by atoms with van der Waals surface area (Å²) in [5, 5.41) is 2.46. The van der Waals surface area contributed by atoms with Gasteiger partial charge in [0.05, 0.1) is 24.4 Å². The predicted molar refractivity (Wildman–Crippen MR) is 107 cm³/mol. The number of carbonyl (C=O) groups is 1. The van der Waals surface area contributed by atoms with Crippen LogP contribution in [0.3, 0.4) is 0 Å². The molecule has 0 unspecified atom stereocenters. The summed E-state index contributed by atoms with van der Waals surface area (Å²) in [6.45, 7) is -0.0878. The number of amides is 1. The van der Waals surface area contributed by atoms with Crippen LogP contribution in [0.4, 0.5) is 18.9 Å². The van der Waals surface area contributed by atoms with Crippen molar-refractivity contribution in [1.82, 2.24) is 4.98 Å². The minimum atomic E-state index is -4.46. The molecule has 0 spiro atoms. The predicted octanol–water partition coefficient (Wildman–Crippen LogP) is 4.28. The van der Waals surface area contributed by atoms with E-state index in [0.717, 1.165) is 17.7 Å². The summed E-state index contributed by atoms with van der Waals surface area (Å²) >= 11 is 0. The van der Waals surface area contributed by atoms with Gasteiger partial charge in [-0.25, -0.2) is 4.57 Å². The van der Waals surface area contributed by atoms with E-state index < -0.39 is 17.6 Å². The minimum Gasteiger partial charge on any atom is -0.496 e. The second-order valence-electron chi connectivity index (χ2n) is 5.94. The topological polar surface area (TPSA) is 55.1 Å². The molecule has 29 heavy (non-hydrogen) atoms. The molecule has 1 amide bonds. The molecule has 1 aromatic heterocycles. The highest BCUT2D eigenvalue weighted by Gasteiger charge is 2.30. The first-order valence-electron chi connectivity index (χ1n) is 8.32. The summed E-state index contributed by atoms with van der Waals surface area (Å²) in [7, 11) is 1.57. The Morgan fingerprint density at radius 1 is 1.14 bits per heavy atom. The molecule has 0 bridgehead atoms. The number of nitrogens with zero attached hydrogens (tertiary/aromatic N) is 2. The number of rotatable bonds is 5. The molecule has 1 heterocycles. The van der Waals surface area contributed by atoms with Crippen LogP contribution >= 0.6 is 17.0 Å². The SMILES string of the molecule is Br.COc1ccccc1-c1cc[n+](CC(=O)Nc2cccc(C(F)(F)F)c2)cn1. The number of nitrogens with one attached hydrogen (secondary N) is 1. The van der Waals surface area contributed by atoms with Crippen molar-refractivity contribution < 1.29 is 27.3 Å². The lowest BCUT2D eigenvalue weighted by molar-refractivity contribution is -0.686. The van der Waals surface area contributed by atoms with Gasteiger partial charge in [0, 0.05) is 11.8 Å². The monoisotopic (exact) mass is 468 g/mol. The van der Waals surface area contributed by atoms with Crippen molar-refractivity contribution in [3.63, 3.8) is 0 Å². The second kappa shape index (κ2) is 9.51. The number of alkyl halides is 3. The number of para-hydroxylation sites is 1. The number of benzene rings is 2. The number of halogens is 4. The van der Waals surface area contributed by atoms with Crippen LogP contribution in [0.1, 0.15) is 5.56 Å². The maximum absolute atomic E-state index is 12.7. The summed E-state index contributed by atoms with van der Waals surface area (Å²) in [6, 6.07) is 13.6. The third-order valence-corrected chi connectivity index (χ3v) is 3.95. The molecular formula is C20H18BrF3N3O2+. The van der Waals surface area contributed by atoms with Crippen LogP contribution in [0.2, 0.25) is 0 Å². The summed E-state index contributed by atoms with van der Waals surface area (Å²) in [5.41, 5.74) is 0.748. The molecule has 0 aliphatic heterocycles. The zero-order valence-electron chi connectivity index (χ0n) is 15.3. The van der Waals surface area contributed by atoms with Crippen molar-refractivity contribution >= 4 is 28.6 Å². The van der Waals surface area contributed by atoms with Gasteiger partial charge in [0.25, 0.3) is 12.2 Å². The number of aromatic nitrogens is 2. The fourth-order valence-corrected chi connectivity index (χ4v) is 2.63. The molecule has 0 aliphatic rings. The summed E-state index contributed by atoms with van der Waals surface area (Å²) in [4.78, 5) is 16.5. The molecule has 152 valence electrons. The highest BCUT2D eigenvalue weighted by atomic mass is 79.9. The van der Waals surface area contributed by atoms with E-state index in [2.05, 4.69) is 10.3 Å². The van der Waals surface area contributed by atoms with Gasteiger partial charge in [0.1, 0.15) is 5.75 Å². The molecule has 5 nitrogen and oxygen atoms in total. The fraction of sp³-hybridized carbons (Fsp3) is 0.150. The largest absolute Gasteiger partial charge is 0.496 e. The summed E-state index contributed by atoms with van der Waals surface area (Å²) in [5.74, 6) is 0.214. The van der Waals surface area contributed by atoms with Crippen molar-refractivity contribution in [2.45, 2.75) is 12.7 Å². The first kappa shape index (κ1) is 22.4. The van der Waals surface area contributed by atoms with E-state index in [0.29, 0.717) is 11.4 Å². The molecule has 2 aromatic carbocycles. The highest BCUT2D eigenvalue weighted by molar-refractivity contribution is 8.93. The zero-order valence-corrected chi connectivity index (χ0v) is 17.0. The summed E-state index contributed by atoms with van der Waals surface area (Å²) < 4.78 is 45.1. The maximum Gasteiger partial charge on any atom is 0.416 e. The van der Waals surface area contributed by atoms with Gasteiger partial charge in [0.2, 0.25) is 0 Å². The molecule has 0 saturated heterocycles. The van der Waals surface area contributed by atoms with E-state index in [-0.39, 0.29) is 29.2 Å². The molecule has 0 aliphatic carbocycles. The number of hydrogen-bond acceptors (Lipinski definition) is 3. The molecule has 1 N–H and O–H groups in total. The van der Waals surface area contributed by atoms with Crippen LogP contribution in [-0.2, 0) is 17.5 Å². The van der Waals surface area contributed by atoms with E-state index >= 15 is 0 Å². The van der Waals surface area contributed by atoms with Crippen LogP contribution < -0.4 is 14.6 Å². The quantitative estimate of drug-likeness (QED) is 0.568. The van der Waals surface area contributed by atoms with E-state index in [4.69, 9.17) is 4.74 Å². The zero-order chi connectivity index (χ0) is 20.1. The van der Waals surface area contributed by atoms with Gasteiger partial charge in [-0.1, -0.05) is 18.2 Å². The van der Waals surface area contributed by atoms with E-state index in [1.807, 2.05) is 24.3 Å². The lowest BCUT2D eigenvalue weighted by Gasteiger charge is -2.09. The summed E-state index contributed by atoms with van der Waals surface area (Å²) in [6.07, 6.45) is -1.32. The van der Waals surface area contributed by atoms with Crippen molar-refractivity contribution in [3.8, 4) is 17.0 Å². The first-order valence-corrected chi connectivity index (χ1v) is 8.32. The Kier molecular flexibility index (Phi) is 7.33. The molecule has 0 radical (unpaired) electrons. The van der Waals surface area contributed by atoms with E-state index in [9.17, 15) is 18.0 Å². The van der Waals surface area contributed by atoms with Crippen LogP contribution in [-0.4, -0.2) is 18.0 Å². The number of anilines is 1.